The first-order chi connectivity index (χ1) is 7.36. The third-order valence-electron chi connectivity index (χ3n) is 3.26. The number of rotatable bonds is 6. The predicted octanol–water partition coefficient (Wildman–Crippen LogP) is 1.72. The summed E-state index contributed by atoms with van der Waals surface area (Å²) in [4.78, 5) is 2.54. The smallest absolute Gasteiger partial charge is 0.00981 e. The van der Waals surface area contributed by atoms with Crippen molar-refractivity contribution in [3.05, 3.63) is 0 Å². The third-order valence-corrected chi connectivity index (χ3v) is 3.26. The minimum absolute atomic E-state index is 0.888. The van der Waals surface area contributed by atoms with Crippen LogP contribution in [0.2, 0.25) is 0 Å². The Labute approximate surface area is 94.4 Å². The summed E-state index contributed by atoms with van der Waals surface area (Å²) in [5.41, 5.74) is 0. The van der Waals surface area contributed by atoms with Gasteiger partial charge in [0.25, 0.3) is 0 Å². The molecule has 0 saturated carbocycles. The quantitative estimate of drug-likeness (QED) is 0.528. The number of unbranched alkanes of at least 4 members (excludes halogenated alkanes) is 1. The average molecular weight is 208 g/mol. The molecule has 15 heavy (non-hydrogen) atoms. The molecular formula is C13H24N2. The Kier molecular flexibility index (Phi) is 6.47. The molecule has 86 valence electrons. The van der Waals surface area contributed by atoms with Crippen LogP contribution in [-0.4, -0.2) is 37.6 Å². The summed E-state index contributed by atoms with van der Waals surface area (Å²) in [6.45, 7) is 8.29. The average Bonchev–Trinajstić information content (AvgIpc) is 2.30. The number of terminal acetylenes is 1. The van der Waals surface area contributed by atoms with Crippen LogP contribution in [0.3, 0.4) is 0 Å². The van der Waals surface area contributed by atoms with Gasteiger partial charge in [-0.15, -0.1) is 12.3 Å². The topological polar surface area (TPSA) is 15.3 Å². The van der Waals surface area contributed by atoms with Crippen LogP contribution in [0, 0.1) is 18.3 Å². The molecule has 0 aromatic carbocycles. The molecule has 1 rings (SSSR count). The summed E-state index contributed by atoms with van der Waals surface area (Å²) in [5.74, 6) is 3.56. The van der Waals surface area contributed by atoms with Crippen LogP contribution in [0.1, 0.15) is 32.6 Å². The van der Waals surface area contributed by atoms with Crippen molar-refractivity contribution < 1.29 is 0 Å². The number of hydrogen-bond donors (Lipinski definition) is 1. The molecule has 1 N–H and O–H groups in total. The molecule has 1 heterocycles. The van der Waals surface area contributed by atoms with E-state index in [4.69, 9.17) is 6.42 Å². The maximum absolute atomic E-state index is 5.20. The highest BCUT2D eigenvalue weighted by Gasteiger charge is 2.16. The van der Waals surface area contributed by atoms with Crippen LogP contribution in [-0.2, 0) is 0 Å². The summed E-state index contributed by atoms with van der Waals surface area (Å²) < 4.78 is 0. The van der Waals surface area contributed by atoms with Gasteiger partial charge < -0.3 is 10.2 Å². The van der Waals surface area contributed by atoms with Crippen LogP contribution in [0.25, 0.3) is 0 Å². The normalized spacial score (nSPS) is 18.9. The predicted molar refractivity (Wildman–Crippen MR) is 65.8 cm³/mol. The number of hydrogen-bond acceptors (Lipinski definition) is 2. The standard InChI is InChI=1S/C13H24N2/c1-3-5-6-9-14-12-13-7-10-15(4-2)11-8-13/h1,13-14H,4-12H2,2H3. The van der Waals surface area contributed by atoms with E-state index in [2.05, 4.69) is 23.1 Å². The second-order valence-corrected chi connectivity index (χ2v) is 4.39. The van der Waals surface area contributed by atoms with Crippen molar-refractivity contribution >= 4 is 0 Å². The maximum atomic E-state index is 5.20. The molecule has 1 aliphatic rings. The lowest BCUT2D eigenvalue weighted by Gasteiger charge is -2.31. The lowest BCUT2D eigenvalue weighted by molar-refractivity contribution is 0.190. The van der Waals surface area contributed by atoms with Crippen LogP contribution >= 0.6 is 0 Å². The second kappa shape index (κ2) is 7.73. The SMILES string of the molecule is C#CCCCNCC1CCN(CC)CC1. The highest BCUT2D eigenvalue weighted by molar-refractivity contribution is 4.83. The molecule has 1 aliphatic heterocycles. The molecule has 0 spiro atoms. The van der Waals surface area contributed by atoms with E-state index in [1.807, 2.05) is 0 Å². The first-order valence-electron chi connectivity index (χ1n) is 6.23. The third kappa shape index (κ3) is 5.20. The molecule has 0 aromatic heterocycles. The Hall–Kier alpha value is -0.520. The maximum Gasteiger partial charge on any atom is 0.00981 e. The Bertz CT molecular complexity index is 187. The molecule has 1 saturated heterocycles. The number of nitrogens with zero attached hydrogens (tertiary/aromatic N) is 1. The summed E-state index contributed by atoms with van der Waals surface area (Å²) in [7, 11) is 0. The van der Waals surface area contributed by atoms with Gasteiger partial charge in [-0.2, -0.15) is 0 Å². The number of likely N-dealkylation sites (tertiary alicyclic amines) is 1. The molecule has 0 aromatic rings. The zero-order valence-electron chi connectivity index (χ0n) is 9.97. The fraction of sp³-hybridized carbons (Fsp3) is 0.846. The molecule has 0 aliphatic carbocycles. The van der Waals surface area contributed by atoms with Gasteiger partial charge in [0.05, 0.1) is 0 Å². The van der Waals surface area contributed by atoms with E-state index in [0.29, 0.717) is 0 Å². The van der Waals surface area contributed by atoms with E-state index >= 15 is 0 Å². The van der Waals surface area contributed by atoms with Gasteiger partial charge in [0.15, 0.2) is 0 Å². The van der Waals surface area contributed by atoms with Crippen molar-refractivity contribution in [2.75, 3.05) is 32.7 Å². The largest absolute Gasteiger partial charge is 0.316 e. The number of nitrogens with one attached hydrogen (secondary N) is 1. The van der Waals surface area contributed by atoms with E-state index < -0.39 is 0 Å². The van der Waals surface area contributed by atoms with Crippen molar-refractivity contribution in [1.82, 2.24) is 10.2 Å². The summed E-state index contributed by atoms with van der Waals surface area (Å²) in [5, 5.41) is 3.51. The second-order valence-electron chi connectivity index (χ2n) is 4.39. The van der Waals surface area contributed by atoms with Crippen molar-refractivity contribution in [2.45, 2.75) is 32.6 Å². The molecule has 0 unspecified atom stereocenters. The van der Waals surface area contributed by atoms with Gasteiger partial charge in [-0.3, -0.25) is 0 Å². The van der Waals surface area contributed by atoms with Gasteiger partial charge in [0.1, 0.15) is 0 Å². The van der Waals surface area contributed by atoms with Crippen molar-refractivity contribution in [3.63, 3.8) is 0 Å². The lowest BCUT2D eigenvalue weighted by atomic mass is 9.97. The first-order valence-corrected chi connectivity index (χ1v) is 6.23. The molecule has 1 fully saturated rings. The molecule has 0 bridgehead atoms. The van der Waals surface area contributed by atoms with Gasteiger partial charge in [-0.25, -0.2) is 0 Å². The van der Waals surface area contributed by atoms with Crippen LogP contribution in [0.15, 0.2) is 0 Å². The van der Waals surface area contributed by atoms with Gasteiger partial charge in [-0.1, -0.05) is 6.92 Å². The van der Waals surface area contributed by atoms with E-state index in [1.165, 1.54) is 39.0 Å². The first kappa shape index (κ1) is 12.5. The Balaban J connectivity index is 1.97. The Morgan fingerprint density at radius 3 is 2.73 bits per heavy atom. The van der Waals surface area contributed by atoms with Gasteiger partial charge in [0.2, 0.25) is 0 Å². The fourth-order valence-electron chi connectivity index (χ4n) is 2.13. The highest BCUT2D eigenvalue weighted by Crippen LogP contribution is 2.15. The van der Waals surface area contributed by atoms with Gasteiger partial charge >= 0.3 is 0 Å². The van der Waals surface area contributed by atoms with Crippen LogP contribution in [0.4, 0.5) is 0 Å². The molecule has 2 nitrogen and oxygen atoms in total. The minimum Gasteiger partial charge on any atom is -0.316 e. The highest BCUT2D eigenvalue weighted by atomic mass is 15.1. The summed E-state index contributed by atoms with van der Waals surface area (Å²) >= 11 is 0. The Morgan fingerprint density at radius 2 is 2.13 bits per heavy atom. The minimum atomic E-state index is 0.888. The van der Waals surface area contributed by atoms with Crippen LogP contribution in [0.5, 0.6) is 0 Å². The monoisotopic (exact) mass is 208 g/mol. The summed E-state index contributed by atoms with van der Waals surface area (Å²) in [6, 6.07) is 0. The fourth-order valence-corrected chi connectivity index (χ4v) is 2.13. The number of piperidine rings is 1. The van der Waals surface area contributed by atoms with E-state index in [1.54, 1.807) is 0 Å². The Morgan fingerprint density at radius 1 is 1.40 bits per heavy atom. The molecular weight excluding hydrogens is 184 g/mol. The van der Waals surface area contributed by atoms with Crippen molar-refractivity contribution in [3.8, 4) is 12.3 Å². The lowest BCUT2D eigenvalue weighted by Crippen LogP contribution is -2.37. The molecule has 0 amide bonds. The zero-order valence-corrected chi connectivity index (χ0v) is 9.97. The van der Waals surface area contributed by atoms with Gasteiger partial charge in [0, 0.05) is 6.42 Å². The van der Waals surface area contributed by atoms with E-state index in [-0.39, 0.29) is 0 Å². The summed E-state index contributed by atoms with van der Waals surface area (Å²) in [6.07, 6.45) is 9.93. The van der Waals surface area contributed by atoms with Crippen molar-refractivity contribution in [2.24, 2.45) is 5.92 Å². The molecule has 0 radical (unpaired) electrons. The van der Waals surface area contributed by atoms with E-state index in [9.17, 15) is 0 Å². The zero-order chi connectivity index (χ0) is 10.9. The van der Waals surface area contributed by atoms with Crippen LogP contribution < -0.4 is 5.32 Å². The molecule has 0 atom stereocenters. The van der Waals surface area contributed by atoms with Crippen molar-refractivity contribution in [1.29, 1.82) is 0 Å². The van der Waals surface area contributed by atoms with Gasteiger partial charge in [-0.05, 0) is 57.9 Å². The molecule has 2 heteroatoms. The van der Waals surface area contributed by atoms with E-state index in [0.717, 1.165) is 25.3 Å².